The highest BCUT2D eigenvalue weighted by molar-refractivity contribution is 14.1. The van der Waals surface area contributed by atoms with E-state index >= 15 is 0 Å². The van der Waals surface area contributed by atoms with Gasteiger partial charge in [0.05, 0.1) is 15.9 Å². The molecule has 12 heteroatoms. The first kappa shape index (κ1) is 30.1. The minimum absolute atomic E-state index is 0.0333. The predicted molar refractivity (Wildman–Crippen MR) is 155 cm³/mol. The SMILES string of the molecule is Cc1ccc(C(=O)OC[C@H]2O[C@](CO[Si](C)(C)C(C)(C)C)(n3c(I)cc(=O)[nH]c3=O)[C@@H]3OC(C)(C)O[C@@H]32)cc1. The van der Waals surface area contributed by atoms with Crippen LogP contribution in [0, 0.1) is 10.6 Å². The molecule has 2 aromatic rings. The Kier molecular flexibility index (Phi) is 8.13. The van der Waals surface area contributed by atoms with E-state index in [4.69, 9.17) is 23.4 Å². The molecule has 0 saturated carbocycles. The maximum atomic E-state index is 13.3. The van der Waals surface area contributed by atoms with Gasteiger partial charge in [0.15, 0.2) is 14.1 Å². The summed E-state index contributed by atoms with van der Waals surface area (Å²) >= 11 is 1.94. The third kappa shape index (κ3) is 5.96. The number of rotatable bonds is 7. The molecule has 214 valence electrons. The number of aryl methyl sites for hydroxylation is 1. The summed E-state index contributed by atoms with van der Waals surface area (Å²) in [5.74, 6) is -1.50. The molecule has 0 spiro atoms. The Balaban J connectivity index is 1.74. The molecular formula is C27H37IN2O8Si. The average molecular weight is 673 g/mol. The van der Waals surface area contributed by atoms with Crippen LogP contribution in [-0.2, 0) is 29.1 Å². The number of carbonyl (C=O) groups excluding carboxylic acids is 1. The first-order valence-electron chi connectivity index (χ1n) is 12.9. The van der Waals surface area contributed by atoms with Gasteiger partial charge in [-0.3, -0.25) is 14.3 Å². The summed E-state index contributed by atoms with van der Waals surface area (Å²) in [5.41, 5.74) is -1.23. The second-order valence-corrected chi connectivity index (χ2v) is 18.0. The average Bonchev–Trinajstić information content (AvgIpc) is 3.27. The molecule has 0 bridgehead atoms. The number of nitrogens with zero attached hydrogens (tertiary/aromatic N) is 1. The number of aromatic nitrogens is 2. The van der Waals surface area contributed by atoms with Gasteiger partial charge in [-0.1, -0.05) is 38.5 Å². The first-order chi connectivity index (χ1) is 18.0. The van der Waals surface area contributed by atoms with E-state index in [0.717, 1.165) is 5.56 Å². The third-order valence-corrected chi connectivity index (χ3v) is 13.0. The molecule has 4 rings (SSSR count). The molecular weight excluding hydrogens is 635 g/mol. The molecule has 2 fully saturated rings. The highest BCUT2D eigenvalue weighted by Gasteiger charge is 2.65. The predicted octanol–water partition coefficient (Wildman–Crippen LogP) is 3.90. The number of esters is 1. The van der Waals surface area contributed by atoms with Crippen LogP contribution in [0.5, 0.6) is 0 Å². The molecule has 2 aliphatic heterocycles. The minimum atomic E-state index is -2.34. The fourth-order valence-electron chi connectivity index (χ4n) is 4.55. The van der Waals surface area contributed by atoms with Gasteiger partial charge in [-0.2, -0.15) is 0 Å². The molecule has 1 aromatic carbocycles. The Labute approximate surface area is 242 Å². The number of halogens is 1. The van der Waals surface area contributed by atoms with Crippen LogP contribution in [-0.4, -0.2) is 61.2 Å². The van der Waals surface area contributed by atoms with Crippen molar-refractivity contribution in [3.05, 3.63) is 66.0 Å². The topological polar surface area (TPSA) is 118 Å². The van der Waals surface area contributed by atoms with Crippen LogP contribution in [0.1, 0.15) is 50.5 Å². The standard InChI is InChI=1S/C27H37IN2O8Si/c1-16-9-11-17(12-10-16)23(32)34-14-18-21-22(38-26(5,6)37-21)27(36-18,15-35-39(7,8)25(2,3)4)30-19(28)13-20(31)29-24(30)33/h9-13,18,21-22H,14-15H2,1-8H3,(H,29,31,33)/t18-,21-,22-,27+/m1/s1. The molecule has 0 radical (unpaired) electrons. The lowest BCUT2D eigenvalue weighted by molar-refractivity contribution is -0.243. The van der Waals surface area contributed by atoms with E-state index in [1.54, 1.807) is 26.0 Å². The van der Waals surface area contributed by atoms with Gasteiger partial charge in [-0.25, -0.2) is 9.59 Å². The van der Waals surface area contributed by atoms with Crippen LogP contribution < -0.4 is 11.2 Å². The van der Waals surface area contributed by atoms with Gasteiger partial charge in [0.1, 0.15) is 24.9 Å². The number of hydrogen-bond donors (Lipinski definition) is 1. The quantitative estimate of drug-likeness (QED) is 0.204. The Bertz CT molecular complexity index is 1350. The molecule has 2 saturated heterocycles. The molecule has 10 nitrogen and oxygen atoms in total. The van der Waals surface area contributed by atoms with Crippen molar-refractivity contribution in [2.75, 3.05) is 13.2 Å². The van der Waals surface area contributed by atoms with Crippen molar-refractivity contribution in [3.63, 3.8) is 0 Å². The summed E-state index contributed by atoms with van der Waals surface area (Å²) in [6.07, 6.45) is -2.25. The molecule has 3 heterocycles. The van der Waals surface area contributed by atoms with Crippen LogP contribution in [0.4, 0.5) is 0 Å². The second kappa shape index (κ2) is 10.5. The summed E-state index contributed by atoms with van der Waals surface area (Å²) in [7, 11) is -2.34. The Morgan fingerprint density at radius 3 is 2.36 bits per heavy atom. The largest absolute Gasteiger partial charge is 0.459 e. The van der Waals surface area contributed by atoms with Crippen molar-refractivity contribution < 1.29 is 28.2 Å². The van der Waals surface area contributed by atoms with Crippen molar-refractivity contribution in [1.82, 2.24) is 9.55 Å². The van der Waals surface area contributed by atoms with Crippen molar-refractivity contribution in [1.29, 1.82) is 0 Å². The van der Waals surface area contributed by atoms with Crippen molar-refractivity contribution in [2.24, 2.45) is 0 Å². The summed E-state index contributed by atoms with van der Waals surface area (Å²) in [6.45, 7) is 15.9. The Hall–Kier alpha value is -1.84. The van der Waals surface area contributed by atoms with Gasteiger partial charge in [-0.15, -0.1) is 0 Å². The van der Waals surface area contributed by atoms with Crippen molar-refractivity contribution in [3.8, 4) is 0 Å². The highest BCUT2D eigenvalue weighted by Crippen LogP contribution is 2.48. The zero-order valence-electron chi connectivity index (χ0n) is 23.6. The Morgan fingerprint density at radius 2 is 1.77 bits per heavy atom. The molecule has 0 aliphatic carbocycles. The van der Waals surface area contributed by atoms with E-state index in [0.29, 0.717) is 9.26 Å². The molecule has 1 N–H and O–H groups in total. The first-order valence-corrected chi connectivity index (χ1v) is 16.9. The highest BCUT2D eigenvalue weighted by atomic mass is 127. The maximum Gasteiger partial charge on any atom is 0.338 e. The van der Waals surface area contributed by atoms with Crippen molar-refractivity contribution in [2.45, 2.75) is 89.5 Å². The fraction of sp³-hybridized carbons (Fsp3) is 0.593. The molecule has 0 amide bonds. The van der Waals surface area contributed by atoms with Gasteiger partial charge in [0.25, 0.3) is 5.56 Å². The second-order valence-electron chi connectivity index (χ2n) is 12.1. The summed E-state index contributed by atoms with van der Waals surface area (Å²) in [4.78, 5) is 40.6. The van der Waals surface area contributed by atoms with Crippen molar-refractivity contribution >= 4 is 36.9 Å². The van der Waals surface area contributed by atoms with Crippen LogP contribution in [0.2, 0.25) is 18.1 Å². The van der Waals surface area contributed by atoms with Crippen LogP contribution in [0.15, 0.2) is 39.9 Å². The number of ether oxygens (including phenoxy) is 4. The van der Waals surface area contributed by atoms with E-state index in [-0.39, 0.29) is 18.3 Å². The molecule has 4 atom stereocenters. The van der Waals surface area contributed by atoms with Gasteiger partial charge in [0.2, 0.25) is 5.72 Å². The van der Waals surface area contributed by atoms with E-state index in [1.165, 1.54) is 10.6 Å². The monoisotopic (exact) mass is 672 g/mol. The zero-order valence-corrected chi connectivity index (χ0v) is 26.8. The lowest BCUT2D eigenvalue weighted by Gasteiger charge is -2.42. The van der Waals surface area contributed by atoms with E-state index in [2.05, 4.69) is 38.8 Å². The molecule has 39 heavy (non-hydrogen) atoms. The van der Waals surface area contributed by atoms with Gasteiger partial charge < -0.3 is 23.4 Å². The normalized spacial score (nSPS) is 26.4. The number of carbonyl (C=O) groups is 1. The Morgan fingerprint density at radius 1 is 1.13 bits per heavy atom. The maximum absolute atomic E-state index is 13.3. The van der Waals surface area contributed by atoms with E-state index in [1.807, 2.05) is 41.6 Å². The summed E-state index contributed by atoms with van der Waals surface area (Å²) in [5, 5.41) is -0.120. The minimum Gasteiger partial charge on any atom is -0.459 e. The van der Waals surface area contributed by atoms with Gasteiger partial charge >= 0.3 is 11.7 Å². The molecule has 0 unspecified atom stereocenters. The van der Waals surface area contributed by atoms with Crippen LogP contribution >= 0.6 is 22.6 Å². The lowest BCUT2D eigenvalue weighted by atomic mass is 10.0. The fourth-order valence-corrected chi connectivity index (χ4v) is 6.46. The lowest BCUT2D eigenvalue weighted by Crippen LogP contribution is -2.57. The number of hydrogen-bond acceptors (Lipinski definition) is 8. The summed E-state index contributed by atoms with van der Waals surface area (Å²) < 4.78 is 33.2. The summed E-state index contributed by atoms with van der Waals surface area (Å²) in [6, 6.07) is 8.40. The van der Waals surface area contributed by atoms with Crippen LogP contribution in [0.3, 0.4) is 0 Å². The van der Waals surface area contributed by atoms with Gasteiger partial charge in [0, 0.05) is 6.07 Å². The zero-order chi connectivity index (χ0) is 29.0. The van der Waals surface area contributed by atoms with E-state index in [9.17, 15) is 14.4 Å². The van der Waals surface area contributed by atoms with E-state index < -0.39 is 55.4 Å². The number of H-pyrrole nitrogens is 1. The number of fused-ring (bicyclic) bond motifs is 1. The number of benzene rings is 1. The van der Waals surface area contributed by atoms with Crippen LogP contribution in [0.25, 0.3) is 0 Å². The smallest absolute Gasteiger partial charge is 0.338 e. The third-order valence-electron chi connectivity index (χ3n) is 7.68. The molecule has 1 aromatic heterocycles. The number of aromatic amines is 1. The van der Waals surface area contributed by atoms with Gasteiger partial charge in [-0.05, 0) is 73.6 Å². The molecule has 2 aliphatic rings. The number of nitrogens with one attached hydrogen (secondary N) is 1.